The van der Waals surface area contributed by atoms with Crippen molar-refractivity contribution in [1.29, 1.82) is 0 Å². The summed E-state index contributed by atoms with van der Waals surface area (Å²) in [7, 11) is -1.06. The maximum atomic E-state index is 12.2. The van der Waals surface area contributed by atoms with E-state index in [1.165, 1.54) is 4.90 Å². The molecule has 1 saturated heterocycles. The minimum atomic E-state index is -1.22. The molecule has 2 aliphatic heterocycles. The number of benzene rings is 1. The quantitative estimate of drug-likeness (QED) is 0.419. The summed E-state index contributed by atoms with van der Waals surface area (Å²) in [6.07, 6.45) is 0.707. The summed E-state index contributed by atoms with van der Waals surface area (Å²) >= 11 is 0. The molecule has 0 spiro atoms. The molecular formula is C17H23BClN3O7. The second-order valence-electron chi connectivity index (χ2n) is 6.94. The molecule has 1 fully saturated rings. The lowest BCUT2D eigenvalue weighted by molar-refractivity contribution is -0.141. The number of nitrogens with zero attached hydrogens (tertiary/aromatic N) is 1. The topological polar surface area (TPSA) is 165 Å². The Morgan fingerprint density at radius 1 is 1.34 bits per heavy atom. The van der Waals surface area contributed by atoms with E-state index < -0.39 is 31.1 Å². The average molecular weight is 428 g/mol. The highest BCUT2D eigenvalue weighted by molar-refractivity contribution is 6.44. The first-order valence-electron chi connectivity index (χ1n) is 8.99. The molecule has 1 aromatic rings. The second kappa shape index (κ2) is 9.34. The molecule has 0 saturated carbocycles. The zero-order valence-electron chi connectivity index (χ0n) is 15.6. The van der Waals surface area contributed by atoms with Gasteiger partial charge in [0, 0.05) is 6.42 Å². The molecule has 0 aliphatic carbocycles. The van der Waals surface area contributed by atoms with E-state index in [9.17, 15) is 24.5 Å². The van der Waals surface area contributed by atoms with E-state index in [1.807, 2.05) is 0 Å². The van der Waals surface area contributed by atoms with E-state index in [1.54, 1.807) is 12.1 Å². The van der Waals surface area contributed by atoms with Crippen molar-refractivity contribution in [2.45, 2.75) is 37.7 Å². The number of carboxylic acid groups (broad SMARTS) is 1. The Bertz CT molecular complexity index is 803. The summed E-state index contributed by atoms with van der Waals surface area (Å²) in [5.74, 6) is -1.81. The van der Waals surface area contributed by atoms with Crippen molar-refractivity contribution in [3.8, 4) is 11.5 Å². The molecule has 2 aliphatic rings. The molecule has 0 aromatic heterocycles. The number of nitrogens with two attached hydrogens (primary N) is 2. The zero-order chi connectivity index (χ0) is 20.4. The summed E-state index contributed by atoms with van der Waals surface area (Å²) in [5, 5.41) is 19.2. The van der Waals surface area contributed by atoms with Crippen LogP contribution in [-0.2, 0) is 16.0 Å². The molecule has 158 valence electrons. The Morgan fingerprint density at radius 3 is 2.66 bits per heavy atom. The lowest BCUT2D eigenvalue weighted by Crippen LogP contribution is -2.60. The van der Waals surface area contributed by atoms with Crippen LogP contribution in [0.25, 0.3) is 0 Å². The van der Waals surface area contributed by atoms with Crippen molar-refractivity contribution >= 4 is 37.3 Å². The van der Waals surface area contributed by atoms with Gasteiger partial charge in [-0.15, -0.1) is 12.4 Å². The van der Waals surface area contributed by atoms with Gasteiger partial charge in [-0.2, -0.15) is 0 Å². The Labute approximate surface area is 173 Å². The van der Waals surface area contributed by atoms with Crippen LogP contribution >= 0.6 is 12.4 Å². The van der Waals surface area contributed by atoms with Gasteiger partial charge >= 0.3 is 13.1 Å². The smallest absolute Gasteiger partial charge is 0.522 e. The van der Waals surface area contributed by atoms with Gasteiger partial charge in [-0.3, -0.25) is 9.59 Å². The van der Waals surface area contributed by atoms with Crippen LogP contribution in [0.2, 0.25) is 6.32 Å². The van der Waals surface area contributed by atoms with Gasteiger partial charge in [0.1, 0.15) is 23.2 Å². The van der Waals surface area contributed by atoms with Crippen LogP contribution in [0.3, 0.4) is 0 Å². The number of primary amides is 1. The van der Waals surface area contributed by atoms with Crippen molar-refractivity contribution < 1.29 is 33.9 Å². The van der Waals surface area contributed by atoms with Crippen molar-refractivity contribution in [2.24, 2.45) is 11.5 Å². The Morgan fingerprint density at radius 2 is 2.03 bits per heavy atom. The van der Waals surface area contributed by atoms with E-state index >= 15 is 0 Å². The van der Waals surface area contributed by atoms with Crippen LogP contribution in [0.5, 0.6) is 11.5 Å². The van der Waals surface area contributed by atoms with Crippen molar-refractivity contribution in [3.63, 3.8) is 0 Å². The number of fused-ring (bicyclic) bond motifs is 1. The van der Waals surface area contributed by atoms with Crippen LogP contribution < -0.4 is 20.9 Å². The maximum absolute atomic E-state index is 12.2. The third-order valence-electron chi connectivity index (χ3n) is 4.80. The fourth-order valence-electron chi connectivity index (χ4n) is 3.24. The maximum Gasteiger partial charge on any atom is 0.522 e. The van der Waals surface area contributed by atoms with Crippen LogP contribution in [0.4, 0.5) is 0 Å². The van der Waals surface area contributed by atoms with Gasteiger partial charge in [-0.05, 0) is 30.8 Å². The Kier molecular flexibility index (Phi) is 7.34. The molecule has 1 aromatic carbocycles. The number of carboxylic acids is 1. The van der Waals surface area contributed by atoms with Gasteiger partial charge in [0.2, 0.25) is 11.8 Å². The third-order valence-corrected chi connectivity index (χ3v) is 4.80. The summed E-state index contributed by atoms with van der Waals surface area (Å²) < 4.78 is 11.1. The number of carbonyl (C=O) groups is 3. The highest BCUT2D eigenvalue weighted by Crippen LogP contribution is 2.37. The van der Waals surface area contributed by atoms with E-state index in [0.29, 0.717) is 18.3 Å². The fraction of sp³-hybridized carbons (Fsp3) is 0.471. The largest absolute Gasteiger partial charge is 0.535 e. The van der Waals surface area contributed by atoms with Crippen LogP contribution in [0.1, 0.15) is 28.8 Å². The Balaban J connectivity index is 0.00000300. The number of aromatic carboxylic acids is 1. The number of ether oxygens (including phenoxy) is 1. The molecule has 2 heterocycles. The standard InChI is InChI=1S/C17H22BN3O7.ClH/c19-11(2-4-13(20)22)16(23)21-7-10(8-21)27-12-3-1-9-5-6-18(26)28-15(9)14(12)17(24)25;/h1,3,10-11,26H,2,4-8,19H2,(H2,20,22)(H,24,25);1H. The van der Waals surface area contributed by atoms with Crippen LogP contribution in [-0.4, -0.2) is 65.2 Å². The first kappa shape index (κ1) is 22.8. The summed E-state index contributed by atoms with van der Waals surface area (Å²) in [4.78, 5) is 36.2. The minimum Gasteiger partial charge on any atom is -0.535 e. The molecule has 0 radical (unpaired) electrons. The fourth-order valence-corrected chi connectivity index (χ4v) is 3.24. The lowest BCUT2D eigenvalue weighted by atomic mass is 9.78. The number of hydrogen-bond donors (Lipinski definition) is 4. The molecule has 12 heteroatoms. The molecular weight excluding hydrogens is 404 g/mol. The van der Waals surface area contributed by atoms with Gasteiger partial charge in [0.15, 0.2) is 0 Å². The molecule has 29 heavy (non-hydrogen) atoms. The van der Waals surface area contributed by atoms with Crippen LogP contribution in [0.15, 0.2) is 12.1 Å². The molecule has 3 rings (SSSR count). The number of hydrogen-bond acceptors (Lipinski definition) is 7. The lowest BCUT2D eigenvalue weighted by Gasteiger charge is -2.40. The van der Waals surface area contributed by atoms with E-state index in [4.69, 9.17) is 20.9 Å². The highest BCUT2D eigenvalue weighted by Gasteiger charge is 2.36. The SMILES string of the molecule is Cl.NC(=O)CCC(N)C(=O)N1CC(Oc2ccc3c(c2C(=O)O)OB(O)CC3)C1. The number of likely N-dealkylation sites (tertiary alicyclic amines) is 1. The van der Waals surface area contributed by atoms with E-state index in [-0.39, 0.29) is 61.3 Å². The van der Waals surface area contributed by atoms with Gasteiger partial charge in [-0.25, -0.2) is 4.79 Å². The number of rotatable bonds is 7. The van der Waals surface area contributed by atoms with Gasteiger partial charge in [0.05, 0.1) is 19.1 Å². The molecule has 2 amide bonds. The summed E-state index contributed by atoms with van der Waals surface area (Å²) in [6, 6.07) is 2.46. The molecule has 10 nitrogen and oxygen atoms in total. The molecule has 0 bridgehead atoms. The second-order valence-corrected chi connectivity index (χ2v) is 6.94. The first-order valence-corrected chi connectivity index (χ1v) is 8.99. The van der Waals surface area contributed by atoms with Gasteiger partial charge in [-0.1, -0.05) is 6.07 Å². The number of aryl methyl sites for hydroxylation is 1. The summed E-state index contributed by atoms with van der Waals surface area (Å²) in [6.45, 7) is 0.505. The number of halogens is 1. The van der Waals surface area contributed by atoms with Crippen molar-refractivity contribution in [2.75, 3.05) is 13.1 Å². The first-order chi connectivity index (χ1) is 13.3. The Hall–Kier alpha value is -2.50. The minimum absolute atomic E-state index is 0. The third kappa shape index (κ3) is 5.11. The van der Waals surface area contributed by atoms with E-state index in [0.717, 1.165) is 0 Å². The number of carbonyl (C=O) groups excluding carboxylic acids is 2. The van der Waals surface area contributed by atoms with Crippen LogP contribution in [0, 0.1) is 0 Å². The van der Waals surface area contributed by atoms with E-state index in [2.05, 4.69) is 0 Å². The summed E-state index contributed by atoms with van der Waals surface area (Å²) in [5.41, 5.74) is 11.4. The van der Waals surface area contributed by atoms with Crippen molar-refractivity contribution in [3.05, 3.63) is 23.3 Å². The van der Waals surface area contributed by atoms with Gasteiger partial charge in [0.25, 0.3) is 0 Å². The van der Waals surface area contributed by atoms with Crippen molar-refractivity contribution in [1.82, 2.24) is 4.90 Å². The zero-order valence-corrected chi connectivity index (χ0v) is 16.4. The predicted octanol–water partition coefficient (Wildman–Crippen LogP) is -0.596. The average Bonchev–Trinajstić information content (AvgIpc) is 2.60. The molecule has 1 unspecified atom stereocenters. The number of amides is 2. The predicted molar refractivity (Wildman–Crippen MR) is 105 cm³/mol. The normalized spacial score (nSPS) is 16.6. The van der Waals surface area contributed by atoms with Gasteiger partial charge < -0.3 is 35.9 Å². The molecule has 1 atom stereocenters. The molecule has 6 N–H and O–H groups in total. The highest BCUT2D eigenvalue weighted by atomic mass is 35.5. The monoisotopic (exact) mass is 427 g/mol.